The molecule has 0 bridgehead atoms. The summed E-state index contributed by atoms with van der Waals surface area (Å²) in [6, 6.07) is 8.57. The van der Waals surface area contributed by atoms with Crippen molar-refractivity contribution in [3.63, 3.8) is 0 Å². The Bertz CT molecular complexity index is 533. The first-order chi connectivity index (χ1) is 9.34. The third-order valence-electron chi connectivity index (χ3n) is 3.61. The van der Waals surface area contributed by atoms with Gasteiger partial charge in [-0.2, -0.15) is 0 Å². The van der Waals surface area contributed by atoms with Gasteiger partial charge in [0.15, 0.2) is 0 Å². The van der Waals surface area contributed by atoms with E-state index in [1.165, 1.54) is 11.3 Å². The van der Waals surface area contributed by atoms with Crippen LogP contribution in [0.25, 0.3) is 0 Å². The fraction of sp³-hybridized carbons (Fsp3) is 0.333. The Morgan fingerprint density at radius 3 is 2.37 bits per heavy atom. The topological polar surface area (TPSA) is 32.3 Å². The highest BCUT2D eigenvalue weighted by atomic mass is 15.3. The molecule has 2 aromatic rings. The van der Waals surface area contributed by atoms with Gasteiger partial charge in [-0.25, -0.2) is 4.98 Å². The third-order valence-corrected chi connectivity index (χ3v) is 3.61. The summed E-state index contributed by atoms with van der Waals surface area (Å²) >= 11 is 0. The summed E-state index contributed by atoms with van der Waals surface area (Å²) in [5, 5.41) is 0. The van der Waals surface area contributed by atoms with Gasteiger partial charge in [0, 0.05) is 44.3 Å². The summed E-state index contributed by atoms with van der Waals surface area (Å²) in [4.78, 5) is 13.2. The molecule has 1 aromatic carbocycles. The highest BCUT2D eigenvalue weighted by Gasteiger charge is 2.18. The van der Waals surface area contributed by atoms with E-state index in [-0.39, 0.29) is 0 Å². The van der Waals surface area contributed by atoms with E-state index in [0.29, 0.717) is 0 Å². The van der Waals surface area contributed by atoms with Crippen molar-refractivity contribution in [1.82, 2.24) is 9.97 Å². The van der Waals surface area contributed by atoms with Crippen LogP contribution in [-0.4, -0.2) is 36.1 Å². The van der Waals surface area contributed by atoms with E-state index in [2.05, 4.69) is 51.0 Å². The predicted molar refractivity (Wildman–Crippen MR) is 77.6 cm³/mol. The lowest BCUT2D eigenvalue weighted by Crippen LogP contribution is -2.47. The molecule has 1 aliphatic rings. The molecule has 19 heavy (non-hydrogen) atoms. The molecule has 4 nitrogen and oxygen atoms in total. The van der Waals surface area contributed by atoms with Gasteiger partial charge in [0.25, 0.3) is 0 Å². The van der Waals surface area contributed by atoms with Gasteiger partial charge in [0.1, 0.15) is 5.82 Å². The van der Waals surface area contributed by atoms with Crippen LogP contribution in [0.4, 0.5) is 11.5 Å². The first-order valence-corrected chi connectivity index (χ1v) is 6.66. The standard InChI is InChI=1S/C15H18N4/c1-13-4-2-3-5-14(13)18-8-10-19(11-9-18)15-12-16-6-7-17-15/h2-7,12H,8-11H2,1H3. The second kappa shape index (κ2) is 5.26. The number of para-hydroxylation sites is 1. The van der Waals surface area contributed by atoms with Crippen molar-refractivity contribution in [3.05, 3.63) is 48.4 Å². The lowest BCUT2D eigenvalue weighted by atomic mass is 10.1. The van der Waals surface area contributed by atoms with E-state index in [4.69, 9.17) is 0 Å². The Kier molecular flexibility index (Phi) is 3.31. The molecule has 0 radical (unpaired) electrons. The number of rotatable bonds is 2. The normalized spacial score (nSPS) is 15.6. The van der Waals surface area contributed by atoms with E-state index < -0.39 is 0 Å². The average molecular weight is 254 g/mol. The molecule has 4 heteroatoms. The fourth-order valence-corrected chi connectivity index (χ4v) is 2.55. The first kappa shape index (κ1) is 12.0. The van der Waals surface area contributed by atoms with Gasteiger partial charge in [0.05, 0.1) is 6.20 Å². The van der Waals surface area contributed by atoms with E-state index in [0.717, 1.165) is 32.0 Å². The van der Waals surface area contributed by atoms with Crippen LogP contribution >= 0.6 is 0 Å². The molecule has 0 aliphatic carbocycles. The first-order valence-electron chi connectivity index (χ1n) is 6.66. The molecular formula is C15H18N4. The van der Waals surface area contributed by atoms with Crippen LogP contribution in [-0.2, 0) is 0 Å². The zero-order valence-corrected chi connectivity index (χ0v) is 11.2. The number of aryl methyl sites for hydroxylation is 1. The quantitative estimate of drug-likeness (QED) is 0.821. The number of nitrogens with zero attached hydrogens (tertiary/aromatic N) is 4. The Morgan fingerprint density at radius 1 is 0.947 bits per heavy atom. The second-order valence-electron chi connectivity index (χ2n) is 4.82. The van der Waals surface area contributed by atoms with Gasteiger partial charge < -0.3 is 9.80 Å². The van der Waals surface area contributed by atoms with Gasteiger partial charge >= 0.3 is 0 Å². The Hall–Kier alpha value is -2.10. The molecule has 0 N–H and O–H groups in total. The van der Waals surface area contributed by atoms with Crippen LogP contribution in [0.15, 0.2) is 42.9 Å². The highest BCUT2D eigenvalue weighted by Crippen LogP contribution is 2.21. The minimum absolute atomic E-state index is 0.979. The molecule has 1 fully saturated rings. The van der Waals surface area contributed by atoms with Crippen LogP contribution in [0, 0.1) is 6.92 Å². The van der Waals surface area contributed by atoms with Crippen LogP contribution in [0.1, 0.15) is 5.56 Å². The summed E-state index contributed by atoms with van der Waals surface area (Å²) in [5.41, 5.74) is 2.69. The number of hydrogen-bond donors (Lipinski definition) is 0. The van der Waals surface area contributed by atoms with Gasteiger partial charge in [-0.15, -0.1) is 0 Å². The molecule has 0 unspecified atom stereocenters. The fourth-order valence-electron chi connectivity index (χ4n) is 2.55. The number of benzene rings is 1. The Labute approximate surface area is 113 Å². The highest BCUT2D eigenvalue weighted by molar-refractivity contribution is 5.54. The molecule has 1 aromatic heterocycles. The molecule has 2 heterocycles. The monoisotopic (exact) mass is 254 g/mol. The van der Waals surface area contributed by atoms with Gasteiger partial charge in [-0.05, 0) is 18.6 Å². The lowest BCUT2D eigenvalue weighted by Gasteiger charge is -2.37. The van der Waals surface area contributed by atoms with E-state index in [1.807, 2.05) is 6.20 Å². The molecule has 0 atom stereocenters. The van der Waals surface area contributed by atoms with Crippen molar-refractivity contribution in [2.24, 2.45) is 0 Å². The van der Waals surface area contributed by atoms with Crippen molar-refractivity contribution >= 4 is 11.5 Å². The second-order valence-corrected chi connectivity index (χ2v) is 4.82. The van der Waals surface area contributed by atoms with E-state index >= 15 is 0 Å². The van der Waals surface area contributed by atoms with Crippen molar-refractivity contribution < 1.29 is 0 Å². The summed E-state index contributed by atoms with van der Waals surface area (Å²) in [5.74, 6) is 0.979. The molecule has 1 saturated heterocycles. The maximum Gasteiger partial charge on any atom is 0.147 e. The molecular weight excluding hydrogens is 236 g/mol. The van der Waals surface area contributed by atoms with Crippen LogP contribution < -0.4 is 9.80 Å². The van der Waals surface area contributed by atoms with Crippen LogP contribution in [0.2, 0.25) is 0 Å². The van der Waals surface area contributed by atoms with Crippen LogP contribution in [0.3, 0.4) is 0 Å². The number of piperazine rings is 1. The van der Waals surface area contributed by atoms with Gasteiger partial charge in [-0.1, -0.05) is 18.2 Å². The van der Waals surface area contributed by atoms with E-state index in [9.17, 15) is 0 Å². The summed E-state index contributed by atoms with van der Waals surface area (Å²) in [7, 11) is 0. The SMILES string of the molecule is Cc1ccccc1N1CCN(c2cnccn2)CC1. The van der Waals surface area contributed by atoms with Gasteiger partial charge in [-0.3, -0.25) is 4.98 Å². The smallest absolute Gasteiger partial charge is 0.147 e. The summed E-state index contributed by atoms with van der Waals surface area (Å²) < 4.78 is 0. The molecule has 1 aliphatic heterocycles. The Morgan fingerprint density at radius 2 is 1.68 bits per heavy atom. The predicted octanol–water partition coefficient (Wildman–Crippen LogP) is 2.11. The largest absolute Gasteiger partial charge is 0.368 e. The van der Waals surface area contributed by atoms with Crippen molar-refractivity contribution in [2.75, 3.05) is 36.0 Å². The summed E-state index contributed by atoms with van der Waals surface area (Å²) in [6.07, 6.45) is 5.31. The molecule has 0 amide bonds. The Balaban J connectivity index is 1.69. The van der Waals surface area contributed by atoms with Gasteiger partial charge in [0.2, 0.25) is 0 Å². The average Bonchev–Trinajstić information content (AvgIpc) is 2.49. The zero-order valence-electron chi connectivity index (χ0n) is 11.2. The maximum atomic E-state index is 4.36. The molecule has 0 saturated carbocycles. The van der Waals surface area contributed by atoms with E-state index in [1.54, 1.807) is 12.4 Å². The summed E-state index contributed by atoms with van der Waals surface area (Å²) in [6.45, 7) is 6.22. The zero-order chi connectivity index (χ0) is 13.1. The van der Waals surface area contributed by atoms with Crippen molar-refractivity contribution in [3.8, 4) is 0 Å². The maximum absolute atomic E-state index is 4.36. The van der Waals surface area contributed by atoms with Crippen molar-refractivity contribution in [2.45, 2.75) is 6.92 Å². The van der Waals surface area contributed by atoms with Crippen LogP contribution in [0.5, 0.6) is 0 Å². The lowest BCUT2D eigenvalue weighted by molar-refractivity contribution is 0.645. The molecule has 0 spiro atoms. The molecule has 98 valence electrons. The number of aromatic nitrogens is 2. The number of hydrogen-bond acceptors (Lipinski definition) is 4. The minimum atomic E-state index is 0.979. The third kappa shape index (κ3) is 2.52. The molecule has 3 rings (SSSR count). The number of anilines is 2. The van der Waals surface area contributed by atoms with Crippen molar-refractivity contribution in [1.29, 1.82) is 0 Å². The minimum Gasteiger partial charge on any atom is -0.368 e.